The highest BCUT2D eigenvalue weighted by Gasteiger charge is 2.20. The zero-order valence-electron chi connectivity index (χ0n) is 19.8. The number of para-hydroxylation sites is 2. The lowest BCUT2D eigenvalue weighted by Gasteiger charge is -2.37. The summed E-state index contributed by atoms with van der Waals surface area (Å²) in [6.07, 6.45) is 4.36. The molecule has 178 valence electrons. The summed E-state index contributed by atoms with van der Waals surface area (Å²) < 4.78 is 5.19. The molecule has 1 saturated heterocycles. The summed E-state index contributed by atoms with van der Waals surface area (Å²) in [6.45, 7) is 10.4. The number of aromatic nitrogens is 1. The van der Waals surface area contributed by atoms with Crippen molar-refractivity contribution in [3.63, 3.8) is 0 Å². The number of pyridine rings is 1. The quantitative estimate of drug-likeness (QED) is 0.638. The number of rotatable bonds is 8. The van der Waals surface area contributed by atoms with E-state index >= 15 is 0 Å². The van der Waals surface area contributed by atoms with Gasteiger partial charge in [-0.1, -0.05) is 12.1 Å². The van der Waals surface area contributed by atoms with Crippen LogP contribution in [0.15, 0.2) is 48.8 Å². The summed E-state index contributed by atoms with van der Waals surface area (Å²) in [5.41, 5.74) is 2.57. The SMILES string of the molecule is CC(C)(C)OC(=O)NCCC(=O)Nc1ccccc1N1CCN(CCc2ccncc2)CC1. The summed E-state index contributed by atoms with van der Waals surface area (Å²) >= 11 is 0. The van der Waals surface area contributed by atoms with E-state index in [1.54, 1.807) is 20.8 Å². The second-order valence-electron chi connectivity index (χ2n) is 9.18. The maximum absolute atomic E-state index is 12.5. The zero-order valence-corrected chi connectivity index (χ0v) is 19.8. The second-order valence-corrected chi connectivity index (χ2v) is 9.18. The van der Waals surface area contributed by atoms with Crippen molar-refractivity contribution in [3.05, 3.63) is 54.4 Å². The predicted octanol–water partition coefficient (Wildman–Crippen LogP) is 3.30. The van der Waals surface area contributed by atoms with Crippen LogP contribution in [0, 0.1) is 0 Å². The molecule has 8 nitrogen and oxygen atoms in total. The van der Waals surface area contributed by atoms with E-state index in [0.29, 0.717) is 0 Å². The third-order valence-electron chi connectivity index (χ3n) is 5.38. The van der Waals surface area contributed by atoms with E-state index in [1.807, 2.05) is 36.7 Å². The first-order valence-corrected chi connectivity index (χ1v) is 11.5. The number of amides is 2. The van der Waals surface area contributed by atoms with Gasteiger partial charge in [0.2, 0.25) is 5.91 Å². The maximum Gasteiger partial charge on any atom is 0.407 e. The monoisotopic (exact) mass is 453 g/mol. The second kappa shape index (κ2) is 11.7. The number of hydrogen-bond acceptors (Lipinski definition) is 6. The van der Waals surface area contributed by atoms with Crippen LogP contribution in [0.2, 0.25) is 0 Å². The van der Waals surface area contributed by atoms with Crippen LogP contribution in [-0.4, -0.2) is 66.8 Å². The fourth-order valence-electron chi connectivity index (χ4n) is 3.71. The molecule has 1 fully saturated rings. The van der Waals surface area contributed by atoms with Crippen molar-refractivity contribution in [1.29, 1.82) is 0 Å². The summed E-state index contributed by atoms with van der Waals surface area (Å²) in [5.74, 6) is -0.144. The summed E-state index contributed by atoms with van der Waals surface area (Å²) in [5, 5.41) is 5.62. The van der Waals surface area contributed by atoms with Gasteiger partial charge < -0.3 is 20.3 Å². The number of piperazine rings is 1. The van der Waals surface area contributed by atoms with Gasteiger partial charge in [-0.3, -0.25) is 14.7 Å². The lowest BCUT2D eigenvalue weighted by Crippen LogP contribution is -2.47. The van der Waals surface area contributed by atoms with Gasteiger partial charge in [0.1, 0.15) is 5.60 Å². The highest BCUT2D eigenvalue weighted by Crippen LogP contribution is 2.26. The lowest BCUT2D eigenvalue weighted by atomic mass is 10.1. The summed E-state index contributed by atoms with van der Waals surface area (Å²) in [7, 11) is 0. The molecule has 2 N–H and O–H groups in total. The highest BCUT2D eigenvalue weighted by atomic mass is 16.6. The molecule has 0 aliphatic carbocycles. The first-order valence-electron chi connectivity index (χ1n) is 11.5. The number of hydrogen-bond donors (Lipinski definition) is 2. The van der Waals surface area contributed by atoms with E-state index in [-0.39, 0.29) is 18.9 Å². The van der Waals surface area contributed by atoms with Crippen LogP contribution in [0.25, 0.3) is 0 Å². The van der Waals surface area contributed by atoms with Gasteiger partial charge in [-0.25, -0.2) is 4.79 Å². The van der Waals surface area contributed by atoms with Crippen molar-refractivity contribution in [2.45, 2.75) is 39.2 Å². The normalized spacial score (nSPS) is 14.6. The van der Waals surface area contributed by atoms with Crippen LogP contribution in [0.1, 0.15) is 32.8 Å². The minimum absolute atomic E-state index is 0.144. The fraction of sp³-hybridized carbons (Fsp3) is 0.480. The Bertz CT molecular complexity index is 906. The minimum atomic E-state index is -0.561. The van der Waals surface area contributed by atoms with E-state index in [1.165, 1.54) is 5.56 Å². The Hall–Kier alpha value is -3.13. The topological polar surface area (TPSA) is 86.8 Å². The van der Waals surface area contributed by atoms with Crippen LogP contribution in [0.3, 0.4) is 0 Å². The Kier molecular flexibility index (Phi) is 8.65. The molecular formula is C25H35N5O3. The molecule has 0 spiro atoms. The van der Waals surface area contributed by atoms with Crippen molar-refractivity contribution in [1.82, 2.24) is 15.2 Å². The number of nitrogens with one attached hydrogen (secondary N) is 2. The number of alkyl carbamates (subject to hydrolysis) is 1. The van der Waals surface area contributed by atoms with Crippen molar-refractivity contribution in [2.75, 3.05) is 49.5 Å². The number of ether oxygens (including phenoxy) is 1. The molecule has 0 saturated carbocycles. The molecule has 1 aliphatic heterocycles. The number of nitrogens with zero attached hydrogens (tertiary/aromatic N) is 3. The Morgan fingerprint density at radius 1 is 1.03 bits per heavy atom. The Morgan fingerprint density at radius 3 is 2.42 bits per heavy atom. The molecule has 1 aromatic heterocycles. The van der Waals surface area contributed by atoms with Crippen LogP contribution in [0.4, 0.5) is 16.2 Å². The number of benzene rings is 1. The lowest BCUT2D eigenvalue weighted by molar-refractivity contribution is -0.116. The Labute approximate surface area is 196 Å². The van der Waals surface area contributed by atoms with Crippen molar-refractivity contribution in [2.24, 2.45) is 0 Å². The molecule has 1 aliphatic rings. The third-order valence-corrected chi connectivity index (χ3v) is 5.38. The van der Waals surface area contributed by atoms with Gasteiger partial charge in [0, 0.05) is 58.1 Å². The first-order chi connectivity index (χ1) is 15.8. The van der Waals surface area contributed by atoms with Crippen molar-refractivity contribution in [3.8, 4) is 0 Å². The molecule has 0 atom stereocenters. The summed E-state index contributed by atoms with van der Waals surface area (Å²) in [4.78, 5) is 33.1. The number of carbonyl (C=O) groups excluding carboxylic acids is 2. The largest absolute Gasteiger partial charge is 0.444 e. The standard InChI is InChI=1S/C25H35N5O3/c1-25(2,3)33-24(32)27-14-10-23(31)28-21-6-4-5-7-22(21)30-18-16-29(17-19-30)15-11-20-8-12-26-13-9-20/h4-9,12-13H,10-11,14-19H2,1-3H3,(H,27,32)(H,28,31). The van der Waals surface area contributed by atoms with Gasteiger partial charge in [-0.15, -0.1) is 0 Å². The maximum atomic E-state index is 12.5. The molecule has 0 radical (unpaired) electrons. The van der Waals surface area contributed by atoms with E-state index in [0.717, 1.165) is 50.5 Å². The van der Waals surface area contributed by atoms with Gasteiger partial charge >= 0.3 is 6.09 Å². The van der Waals surface area contributed by atoms with Gasteiger partial charge in [0.25, 0.3) is 0 Å². The van der Waals surface area contributed by atoms with Crippen molar-refractivity contribution < 1.29 is 14.3 Å². The summed E-state index contributed by atoms with van der Waals surface area (Å²) in [6, 6.07) is 12.0. The van der Waals surface area contributed by atoms with Crippen LogP contribution < -0.4 is 15.5 Å². The van der Waals surface area contributed by atoms with E-state index in [2.05, 4.69) is 37.6 Å². The molecule has 2 amide bonds. The van der Waals surface area contributed by atoms with Crippen LogP contribution >= 0.6 is 0 Å². The van der Waals surface area contributed by atoms with Gasteiger partial charge in [0.15, 0.2) is 0 Å². The number of anilines is 2. The van der Waals surface area contributed by atoms with Crippen LogP contribution in [-0.2, 0) is 16.0 Å². The van der Waals surface area contributed by atoms with E-state index in [4.69, 9.17) is 4.74 Å². The molecule has 0 bridgehead atoms. The van der Waals surface area contributed by atoms with E-state index < -0.39 is 11.7 Å². The first kappa shape index (κ1) is 24.5. The predicted molar refractivity (Wildman–Crippen MR) is 131 cm³/mol. The van der Waals surface area contributed by atoms with E-state index in [9.17, 15) is 9.59 Å². The minimum Gasteiger partial charge on any atom is -0.444 e. The average Bonchev–Trinajstić information content (AvgIpc) is 2.78. The molecule has 2 heterocycles. The average molecular weight is 454 g/mol. The third kappa shape index (κ3) is 8.38. The molecule has 0 unspecified atom stereocenters. The number of carbonyl (C=O) groups is 2. The van der Waals surface area contributed by atoms with Gasteiger partial charge in [-0.2, -0.15) is 0 Å². The van der Waals surface area contributed by atoms with Crippen molar-refractivity contribution >= 4 is 23.4 Å². The smallest absolute Gasteiger partial charge is 0.407 e. The molecule has 1 aromatic carbocycles. The molecule has 3 rings (SSSR count). The molecular weight excluding hydrogens is 418 g/mol. The fourth-order valence-corrected chi connectivity index (χ4v) is 3.71. The Balaban J connectivity index is 1.45. The molecule has 8 heteroatoms. The molecule has 2 aromatic rings. The van der Waals surface area contributed by atoms with Crippen LogP contribution in [0.5, 0.6) is 0 Å². The molecule has 33 heavy (non-hydrogen) atoms. The van der Waals surface area contributed by atoms with Gasteiger partial charge in [-0.05, 0) is 57.0 Å². The zero-order chi connectivity index (χ0) is 23.7. The Morgan fingerprint density at radius 2 is 1.73 bits per heavy atom. The van der Waals surface area contributed by atoms with Gasteiger partial charge in [0.05, 0.1) is 11.4 Å². The highest BCUT2D eigenvalue weighted by molar-refractivity contribution is 5.94.